The molecule has 27 heavy (non-hydrogen) atoms. The molecule has 0 saturated carbocycles. The second-order valence-electron chi connectivity index (χ2n) is 6.92. The van der Waals surface area contributed by atoms with Gasteiger partial charge in [-0.05, 0) is 25.8 Å². The molecule has 0 aromatic heterocycles. The van der Waals surface area contributed by atoms with E-state index in [1.54, 1.807) is 6.07 Å². The van der Waals surface area contributed by atoms with E-state index in [0.29, 0.717) is 30.5 Å². The number of hydrogen-bond acceptors (Lipinski definition) is 7. The fourth-order valence-corrected chi connectivity index (χ4v) is 4.17. The van der Waals surface area contributed by atoms with Crippen LogP contribution < -0.4 is 14.2 Å². The molecule has 3 aliphatic heterocycles. The molecule has 1 fully saturated rings. The van der Waals surface area contributed by atoms with Crippen LogP contribution in [0.15, 0.2) is 18.7 Å². The van der Waals surface area contributed by atoms with Crippen molar-refractivity contribution in [2.75, 3.05) is 20.3 Å². The summed E-state index contributed by atoms with van der Waals surface area (Å²) < 4.78 is 28.0. The summed E-state index contributed by atoms with van der Waals surface area (Å²) in [7, 11) is 1.26. The number of ether oxygens (including phenoxy) is 5. The first kappa shape index (κ1) is 17.9. The van der Waals surface area contributed by atoms with Gasteiger partial charge in [-0.3, -0.25) is 9.59 Å². The highest BCUT2D eigenvalue weighted by Gasteiger charge is 2.54. The van der Waals surface area contributed by atoms with E-state index in [4.69, 9.17) is 23.7 Å². The number of esters is 2. The Kier molecular flexibility index (Phi) is 4.34. The van der Waals surface area contributed by atoms with E-state index in [2.05, 4.69) is 6.58 Å². The molecule has 1 aromatic rings. The molecular formula is C20H22O7. The molecule has 1 saturated heterocycles. The summed E-state index contributed by atoms with van der Waals surface area (Å²) >= 11 is 0. The molecule has 3 heterocycles. The standard InChI is InChI=1S/C20H22O7/c1-4-7-20(18(21)23-3)10-11-9-13(24-5-2)16-14(15(11)27-19(20)22)12-6-8-25-17(12)26-16/h4,9,12,17H,1,5-8,10H2,2-3H3/t12-,17+,20?/m0/s1. The molecule has 0 spiro atoms. The quantitative estimate of drug-likeness (QED) is 0.339. The summed E-state index contributed by atoms with van der Waals surface area (Å²) in [5.41, 5.74) is 0.0794. The van der Waals surface area contributed by atoms with Crippen LogP contribution in [0.3, 0.4) is 0 Å². The number of carbonyl (C=O) groups excluding carboxylic acids is 2. The van der Waals surface area contributed by atoms with Gasteiger partial charge in [0.05, 0.1) is 31.8 Å². The second kappa shape index (κ2) is 6.56. The van der Waals surface area contributed by atoms with Crippen molar-refractivity contribution in [1.29, 1.82) is 0 Å². The van der Waals surface area contributed by atoms with Crippen LogP contribution in [0.25, 0.3) is 0 Å². The number of hydrogen-bond donors (Lipinski definition) is 0. The van der Waals surface area contributed by atoms with Gasteiger partial charge in [0.2, 0.25) is 6.29 Å². The molecule has 3 atom stereocenters. The van der Waals surface area contributed by atoms with Crippen LogP contribution in [0.4, 0.5) is 0 Å². The Morgan fingerprint density at radius 1 is 1.44 bits per heavy atom. The van der Waals surface area contributed by atoms with Gasteiger partial charge in [0.1, 0.15) is 5.75 Å². The summed E-state index contributed by atoms with van der Waals surface area (Å²) in [6, 6.07) is 1.78. The SMILES string of the molecule is C=CCC1(C(=O)OC)Cc2cc(OCC)c3c(c2OC1=O)[C@@H]1CCO[C@@H]1O3. The molecule has 0 aliphatic carbocycles. The smallest absolute Gasteiger partial charge is 0.329 e. The third-order valence-corrected chi connectivity index (χ3v) is 5.40. The lowest BCUT2D eigenvalue weighted by molar-refractivity contribution is -0.166. The van der Waals surface area contributed by atoms with Gasteiger partial charge >= 0.3 is 11.9 Å². The van der Waals surface area contributed by atoms with Crippen LogP contribution in [-0.4, -0.2) is 38.6 Å². The van der Waals surface area contributed by atoms with E-state index in [-0.39, 0.29) is 18.8 Å². The van der Waals surface area contributed by atoms with Crippen LogP contribution >= 0.6 is 0 Å². The number of fused-ring (bicyclic) bond motifs is 5. The van der Waals surface area contributed by atoms with Crippen LogP contribution in [-0.2, 0) is 25.5 Å². The average Bonchev–Trinajstić information content (AvgIpc) is 3.24. The number of methoxy groups -OCH3 is 1. The highest BCUT2D eigenvalue weighted by molar-refractivity contribution is 6.03. The Bertz CT molecular complexity index is 815. The minimum absolute atomic E-state index is 0.0213. The normalized spacial score (nSPS) is 27.7. The maximum atomic E-state index is 12.9. The lowest BCUT2D eigenvalue weighted by Gasteiger charge is -2.33. The lowest BCUT2D eigenvalue weighted by Crippen LogP contribution is -2.47. The first-order valence-corrected chi connectivity index (χ1v) is 9.08. The molecule has 3 aliphatic rings. The van der Waals surface area contributed by atoms with Crippen molar-refractivity contribution in [1.82, 2.24) is 0 Å². The van der Waals surface area contributed by atoms with Crippen molar-refractivity contribution in [3.63, 3.8) is 0 Å². The third-order valence-electron chi connectivity index (χ3n) is 5.40. The van der Waals surface area contributed by atoms with Gasteiger partial charge < -0.3 is 23.7 Å². The summed E-state index contributed by atoms with van der Waals surface area (Å²) in [6.07, 6.45) is 2.19. The minimum atomic E-state index is -1.44. The van der Waals surface area contributed by atoms with Crippen LogP contribution in [0.5, 0.6) is 17.2 Å². The Labute approximate surface area is 157 Å². The van der Waals surface area contributed by atoms with Gasteiger partial charge in [-0.15, -0.1) is 6.58 Å². The number of benzene rings is 1. The topological polar surface area (TPSA) is 80.3 Å². The molecule has 1 unspecified atom stereocenters. The molecule has 4 rings (SSSR count). The van der Waals surface area contributed by atoms with E-state index in [1.165, 1.54) is 13.2 Å². The largest absolute Gasteiger partial charge is 0.490 e. The van der Waals surface area contributed by atoms with Crippen molar-refractivity contribution in [2.24, 2.45) is 5.41 Å². The number of allylic oxidation sites excluding steroid dienone is 1. The van der Waals surface area contributed by atoms with Gasteiger partial charge in [-0.2, -0.15) is 0 Å². The minimum Gasteiger partial charge on any atom is -0.490 e. The first-order chi connectivity index (χ1) is 13.1. The Balaban J connectivity index is 1.86. The molecular weight excluding hydrogens is 352 g/mol. The van der Waals surface area contributed by atoms with E-state index < -0.39 is 23.6 Å². The van der Waals surface area contributed by atoms with Crippen molar-refractivity contribution >= 4 is 11.9 Å². The first-order valence-electron chi connectivity index (χ1n) is 9.08. The van der Waals surface area contributed by atoms with Crippen LogP contribution in [0.1, 0.15) is 36.8 Å². The Hall–Kier alpha value is -2.54. The molecule has 7 nitrogen and oxygen atoms in total. The van der Waals surface area contributed by atoms with Crippen molar-refractivity contribution in [3.05, 3.63) is 29.8 Å². The fraction of sp³-hybridized carbons (Fsp3) is 0.500. The summed E-state index contributed by atoms with van der Waals surface area (Å²) in [4.78, 5) is 25.4. The molecule has 0 N–H and O–H groups in total. The molecule has 144 valence electrons. The van der Waals surface area contributed by atoms with Gasteiger partial charge in [-0.1, -0.05) is 6.08 Å². The van der Waals surface area contributed by atoms with Crippen molar-refractivity contribution in [2.45, 2.75) is 38.4 Å². The average molecular weight is 374 g/mol. The summed E-state index contributed by atoms with van der Waals surface area (Å²) in [5, 5.41) is 0. The number of rotatable bonds is 5. The molecule has 7 heteroatoms. The van der Waals surface area contributed by atoms with E-state index in [1.807, 2.05) is 6.92 Å². The highest BCUT2D eigenvalue weighted by Crippen LogP contribution is 2.56. The number of carbonyl (C=O) groups is 2. The lowest BCUT2D eigenvalue weighted by atomic mass is 9.75. The van der Waals surface area contributed by atoms with Gasteiger partial charge in [0.25, 0.3) is 0 Å². The molecule has 1 aromatic carbocycles. The van der Waals surface area contributed by atoms with E-state index in [0.717, 1.165) is 17.5 Å². The maximum Gasteiger partial charge on any atom is 0.329 e. The Morgan fingerprint density at radius 3 is 2.96 bits per heavy atom. The highest BCUT2D eigenvalue weighted by atomic mass is 16.7. The zero-order valence-corrected chi connectivity index (χ0v) is 15.4. The summed E-state index contributed by atoms with van der Waals surface area (Å²) in [5.74, 6) is 0.310. The predicted molar refractivity (Wildman–Crippen MR) is 93.9 cm³/mol. The predicted octanol–water partition coefficient (Wildman–Crippen LogP) is 2.50. The van der Waals surface area contributed by atoms with Crippen LogP contribution in [0.2, 0.25) is 0 Å². The molecule has 0 bridgehead atoms. The van der Waals surface area contributed by atoms with Gasteiger partial charge in [-0.25, -0.2) is 0 Å². The molecule has 0 radical (unpaired) electrons. The van der Waals surface area contributed by atoms with Gasteiger partial charge in [0.15, 0.2) is 16.9 Å². The Morgan fingerprint density at radius 2 is 2.26 bits per heavy atom. The second-order valence-corrected chi connectivity index (χ2v) is 6.92. The van der Waals surface area contributed by atoms with Crippen molar-refractivity contribution < 1.29 is 33.3 Å². The molecule has 0 amide bonds. The zero-order chi connectivity index (χ0) is 19.2. The summed E-state index contributed by atoms with van der Waals surface area (Å²) in [6.45, 7) is 6.60. The van der Waals surface area contributed by atoms with Crippen LogP contribution in [0, 0.1) is 5.41 Å². The maximum absolute atomic E-state index is 12.9. The van der Waals surface area contributed by atoms with Gasteiger partial charge in [0, 0.05) is 12.0 Å². The van der Waals surface area contributed by atoms with E-state index in [9.17, 15) is 9.59 Å². The third kappa shape index (κ3) is 2.52. The fourth-order valence-electron chi connectivity index (χ4n) is 4.17. The monoisotopic (exact) mass is 374 g/mol. The van der Waals surface area contributed by atoms with E-state index >= 15 is 0 Å². The van der Waals surface area contributed by atoms with Crippen molar-refractivity contribution in [3.8, 4) is 17.2 Å². The zero-order valence-electron chi connectivity index (χ0n) is 15.4.